The molecule has 1 N–H and O–H groups in total. The Kier molecular flexibility index (Phi) is 9.85. The first-order valence-corrected chi connectivity index (χ1v) is 15.0. The maximum absolute atomic E-state index is 14.0. The van der Waals surface area contributed by atoms with Crippen LogP contribution in [0, 0.1) is 6.92 Å². The third-order valence-electron chi connectivity index (χ3n) is 8.33. The van der Waals surface area contributed by atoms with E-state index in [1.807, 2.05) is 6.92 Å². The minimum atomic E-state index is -4.46. The SMILES string of the molecule is Cc1c(OCc2ccc(C3CCCCC3)c(C(F)(F)F)c2)ccc2c1CCN2C(=O)C(CC(=O)O)N(C)C(=O)OC(C)(C)C. The highest BCUT2D eigenvalue weighted by atomic mass is 19.4. The number of benzene rings is 2. The van der Waals surface area contributed by atoms with Gasteiger partial charge in [-0.2, -0.15) is 13.2 Å². The zero-order chi connectivity index (χ0) is 32.4. The summed E-state index contributed by atoms with van der Waals surface area (Å²) in [6, 6.07) is 6.54. The van der Waals surface area contributed by atoms with Crippen molar-refractivity contribution in [3.05, 3.63) is 58.1 Å². The summed E-state index contributed by atoms with van der Waals surface area (Å²) in [4.78, 5) is 40.4. The molecule has 2 aromatic carbocycles. The third kappa shape index (κ3) is 7.65. The van der Waals surface area contributed by atoms with Crippen molar-refractivity contribution < 1.29 is 42.1 Å². The van der Waals surface area contributed by atoms with Crippen LogP contribution in [0.2, 0.25) is 0 Å². The molecule has 1 atom stereocenters. The number of nitrogens with zero attached hydrogens (tertiary/aromatic N) is 2. The van der Waals surface area contributed by atoms with E-state index in [2.05, 4.69) is 0 Å². The van der Waals surface area contributed by atoms with Crippen molar-refractivity contribution >= 4 is 23.7 Å². The summed E-state index contributed by atoms with van der Waals surface area (Å²) < 4.78 is 53.4. The fourth-order valence-corrected chi connectivity index (χ4v) is 6.08. The second-order valence-electron chi connectivity index (χ2n) is 12.7. The molecule has 0 aromatic heterocycles. The Bertz CT molecular complexity index is 1400. The summed E-state index contributed by atoms with van der Waals surface area (Å²) in [5.74, 6) is -1.39. The molecular weight excluding hydrogens is 577 g/mol. The first kappa shape index (κ1) is 33.1. The molecule has 0 radical (unpaired) electrons. The average molecular weight is 619 g/mol. The summed E-state index contributed by atoms with van der Waals surface area (Å²) in [5, 5.41) is 9.48. The lowest BCUT2D eigenvalue weighted by atomic mass is 9.81. The van der Waals surface area contributed by atoms with Crippen LogP contribution in [0.5, 0.6) is 5.75 Å². The predicted molar refractivity (Wildman–Crippen MR) is 159 cm³/mol. The number of alkyl halides is 3. The molecule has 0 saturated heterocycles. The van der Waals surface area contributed by atoms with Crippen molar-refractivity contribution in [3.63, 3.8) is 0 Å². The number of carboxylic acids is 1. The van der Waals surface area contributed by atoms with E-state index in [-0.39, 0.29) is 19.1 Å². The highest BCUT2D eigenvalue weighted by molar-refractivity contribution is 6.02. The lowest BCUT2D eigenvalue weighted by molar-refractivity contribution is -0.141. The number of hydrogen-bond donors (Lipinski definition) is 1. The molecule has 1 aliphatic heterocycles. The number of carbonyl (C=O) groups is 3. The standard InChI is InChI=1S/C33H41F3N2O6/c1-20-23-15-16-38(30(41)27(18-29(39)40)37(5)31(42)44-32(2,3)4)26(23)13-14-28(20)43-19-21-11-12-24(22-9-7-6-8-10-22)25(17-21)33(34,35)36/h11-14,17,22,27H,6-10,15-16,18-19H2,1-5H3,(H,39,40). The molecule has 8 nitrogen and oxygen atoms in total. The smallest absolute Gasteiger partial charge is 0.416 e. The van der Waals surface area contributed by atoms with Crippen molar-refractivity contribution in [1.82, 2.24) is 4.90 Å². The molecule has 240 valence electrons. The Balaban J connectivity index is 1.52. The van der Waals surface area contributed by atoms with E-state index in [0.29, 0.717) is 29.0 Å². The molecule has 1 heterocycles. The number of carboxylic acid groups (broad SMARTS) is 1. The van der Waals surface area contributed by atoms with Gasteiger partial charge in [-0.15, -0.1) is 0 Å². The van der Waals surface area contributed by atoms with Gasteiger partial charge in [0.2, 0.25) is 0 Å². The molecule has 2 amide bonds. The summed E-state index contributed by atoms with van der Waals surface area (Å²) in [6.07, 6.45) is -0.934. The van der Waals surface area contributed by atoms with Gasteiger partial charge in [-0.05, 0) is 93.3 Å². The lowest BCUT2D eigenvalue weighted by Crippen LogP contribution is -2.51. The normalized spacial score (nSPS) is 16.3. The largest absolute Gasteiger partial charge is 0.489 e. The van der Waals surface area contributed by atoms with E-state index in [4.69, 9.17) is 9.47 Å². The van der Waals surface area contributed by atoms with Crippen molar-refractivity contribution in [2.24, 2.45) is 0 Å². The van der Waals surface area contributed by atoms with E-state index in [9.17, 15) is 32.7 Å². The highest BCUT2D eigenvalue weighted by Crippen LogP contribution is 2.42. The van der Waals surface area contributed by atoms with Gasteiger partial charge in [-0.3, -0.25) is 14.5 Å². The molecule has 1 unspecified atom stereocenters. The van der Waals surface area contributed by atoms with E-state index < -0.39 is 47.8 Å². The molecule has 2 aromatic rings. The fourth-order valence-electron chi connectivity index (χ4n) is 6.08. The maximum Gasteiger partial charge on any atom is 0.416 e. The monoisotopic (exact) mass is 618 g/mol. The second kappa shape index (κ2) is 13.1. The predicted octanol–water partition coefficient (Wildman–Crippen LogP) is 7.24. The number of rotatable bonds is 8. The number of ether oxygens (including phenoxy) is 2. The van der Waals surface area contributed by atoms with Gasteiger partial charge in [-0.1, -0.05) is 31.4 Å². The summed E-state index contributed by atoms with van der Waals surface area (Å²) in [5.41, 5.74) is 1.47. The number of anilines is 1. The molecular formula is C33H41F3N2O6. The molecule has 0 bridgehead atoms. The van der Waals surface area contributed by atoms with Crippen LogP contribution in [-0.2, 0) is 33.5 Å². The number of aliphatic carboxylic acids is 1. The molecule has 2 aliphatic rings. The average Bonchev–Trinajstić information content (AvgIpc) is 3.39. The highest BCUT2D eigenvalue weighted by Gasteiger charge is 2.38. The van der Waals surface area contributed by atoms with Gasteiger partial charge in [0.15, 0.2) is 0 Å². The first-order chi connectivity index (χ1) is 20.6. The van der Waals surface area contributed by atoms with Crippen LogP contribution < -0.4 is 9.64 Å². The number of carbonyl (C=O) groups excluding carboxylic acids is 2. The van der Waals surface area contributed by atoms with Gasteiger partial charge < -0.3 is 19.5 Å². The maximum atomic E-state index is 14.0. The van der Waals surface area contributed by atoms with Crippen LogP contribution >= 0.6 is 0 Å². The Labute approximate surface area is 256 Å². The minimum absolute atomic E-state index is 0.0579. The zero-order valence-corrected chi connectivity index (χ0v) is 25.9. The molecule has 44 heavy (non-hydrogen) atoms. The Morgan fingerprint density at radius 2 is 1.75 bits per heavy atom. The first-order valence-electron chi connectivity index (χ1n) is 15.0. The van der Waals surface area contributed by atoms with Crippen LogP contribution in [-0.4, -0.2) is 53.2 Å². The molecule has 1 aliphatic carbocycles. The summed E-state index contributed by atoms with van der Waals surface area (Å²) in [7, 11) is 1.34. The Morgan fingerprint density at radius 3 is 2.36 bits per heavy atom. The van der Waals surface area contributed by atoms with E-state index >= 15 is 0 Å². The number of halogens is 3. The molecule has 11 heteroatoms. The minimum Gasteiger partial charge on any atom is -0.489 e. The van der Waals surface area contributed by atoms with Gasteiger partial charge in [0.1, 0.15) is 24.0 Å². The van der Waals surface area contributed by atoms with Gasteiger partial charge in [0.05, 0.1) is 12.0 Å². The van der Waals surface area contributed by atoms with Gasteiger partial charge in [0, 0.05) is 19.3 Å². The second-order valence-corrected chi connectivity index (χ2v) is 12.7. The Hall–Kier alpha value is -3.76. The van der Waals surface area contributed by atoms with Crippen LogP contribution in [0.15, 0.2) is 30.3 Å². The molecule has 4 rings (SSSR count). The number of fused-ring (bicyclic) bond motifs is 1. The van der Waals surface area contributed by atoms with Gasteiger partial charge in [-0.25, -0.2) is 4.79 Å². The van der Waals surface area contributed by atoms with E-state index in [1.54, 1.807) is 45.0 Å². The molecule has 0 spiro atoms. The number of likely N-dealkylation sites (N-methyl/N-ethyl adjacent to an activating group) is 1. The number of hydrogen-bond acceptors (Lipinski definition) is 5. The van der Waals surface area contributed by atoms with Crippen molar-refractivity contribution in [2.45, 2.75) is 103 Å². The quantitative estimate of drug-likeness (QED) is 0.335. The number of amides is 2. The topological polar surface area (TPSA) is 96.4 Å². The van der Waals surface area contributed by atoms with Crippen LogP contribution in [0.25, 0.3) is 0 Å². The zero-order valence-electron chi connectivity index (χ0n) is 25.9. The lowest BCUT2D eigenvalue weighted by Gasteiger charge is -2.31. The van der Waals surface area contributed by atoms with Crippen molar-refractivity contribution in [3.8, 4) is 5.75 Å². The summed E-state index contributed by atoms with van der Waals surface area (Å²) >= 11 is 0. The van der Waals surface area contributed by atoms with Crippen LogP contribution in [0.4, 0.5) is 23.7 Å². The fraction of sp³-hybridized carbons (Fsp3) is 0.545. The van der Waals surface area contributed by atoms with Crippen LogP contribution in [0.3, 0.4) is 0 Å². The van der Waals surface area contributed by atoms with Crippen LogP contribution in [0.1, 0.15) is 93.0 Å². The molecule has 1 fully saturated rings. The summed E-state index contributed by atoms with van der Waals surface area (Å²) in [6.45, 7) is 7.05. The Morgan fingerprint density at radius 1 is 1.07 bits per heavy atom. The van der Waals surface area contributed by atoms with Crippen molar-refractivity contribution in [2.75, 3.05) is 18.5 Å². The van der Waals surface area contributed by atoms with E-state index in [1.165, 1.54) is 18.0 Å². The van der Waals surface area contributed by atoms with E-state index in [0.717, 1.165) is 48.1 Å². The third-order valence-corrected chi connectivity index (χ3v) is 8.33. The van der Waals surface area contributed by atoms with Gasteiger partial charge in [0.25, 0.3) is 5.91 Å². The van der Waals surface area contributed by atoms with Crippen molar-refractivity contribution in [1.29, 1.82) is 0 Å². The molecule has 1 saturated carbocycles. The van der Waals surface area contributed by atoms with Gasteiger partial charge >= 0.3 is 18.2 Å².